The molecule has 0 N–H and O–H groups in total. The van der Waals surface area contributed by atoms with Crippen LogP contribution in [0.2, 0.25) is 0 Å². The van der Waals surface area contributed by atoms with Gasteiger partial charge in [0.2, 0.25) is 0 Å². The van der Waals surface area contributed by atoms with Gasteiger partial charge in [-0.3, -0.25) is 0 Å². The van der Waals surface area contributed by atoms with E-state index in [1.807, 2.05) is 24.3 Å². The van der Waals surface area contributed by atoms with Crippen molar-refractivity contribution in [1.29, 1.82) is 0 Å². The Bertz CT molecular complexity index is 930. The van der Waals surface area contributed by atoms with Crippen LogP contribution in [0.4, 0.5) is 8.78 Å². The van der Waals surface area contributed by atoms with Gasteiger partial charge < -0.3 is 24.8 Å². The summed E-state index contributed by atoms with van der Waals surface area (Å²) in [4.78, 5) is 0. The Balaban J connectivity index is 0.00000150. The van der Waals surface area contributed by atoms with Crippen molar-refractivity contribution in [3.63, 3.8) is 0 Å². The van der Waals surface area contributed by atoms with Gasteiger partial charge in [0.1, 0.15) is 0 Å². The molecule has 0 fully saturated rings. The van der Waals surface area contributed by atoms with Gasteiger partial charge in [-0.2, -0.15) is 0 Å². The van der Waals surface area contributed by atoms with Crippen LogP contribution in [0.15, 0.2) is 78.4 Å². The first-order valence-corrected chi connectivity index (χ1v) is 11.6. The number of benzene rings is 2. The summed E-state index contributed by atoms with van der Waals surface area (Å²) in [6.07, 6.45) is 6.62. The van der Waals surface area contributed by atoms with Gasteiger partial charge in [-0.1, -0.05) is 0 Å². The smallest absolute Gasteiger partial charge is 1.00 e. The monoisotopic (exact) mass is 506 g/mol. The number of hydrogen-bond donors (Lipinski definition) is 0. The van der Waals surface area contributed by atoms with Gasteiger partial charge in [-0.15, -0.1) is 0 Å². The molecule has 2 aliphatic rings. The van der Waals surface area contributed by atoms with Crippen molar-refractivity contribution in [2.24, 2.45) is 0 Å². The van der Waals surface area contributed by atoms with Crippen LogP contribution >= 0.6 is 0 Å². The second-order valence-corrected chi connectivity index (χ2v) is 10.6. The average Bonchev–Trinajstić information content (AvgIpc) is 3.21. The molecule has 0 saturated carbocycles. The van der Waals surface area contributed by atoms with Crippen molar-refractivity contribution in [2.75, 3.05) is 0 Å². The first-order valence-electron chi connectivity index (χ1n) is 9.12. The summed E-state index contributed by atoms with van der Waals surface area (Å²) in [6.45, 7) is 4.41. The number of rotatable bonds is 4. The van der Waals surface area contributed by atoms with Gasteiger partial charge in [0.25, 0.3) is 0 Å². The summed E-state index contributed by atoms with van der Waals surface area (Å²) in [5.74, 6) is -0.386. The average molecular weight is 509 g/mol. The van der Waals surface area contributed by atoms with E-state index in [1.165, 1.54) is 46.6 Å². The van der Waals surface area contributed by atoms with E-state index in [9.17, 15) is 8.78 Å². The summed E-state index contributed by atoms with van der Waals surface area (Å²) in [6, 6.07) is 13.6. The fourth-order valence-electron chi connectivity index (χ4n) is 3.75. The minimum absolute atomic E-state index is 0. The molecule has 0 spiro atoms. The minimum Gasteiger partial charge on any atom is -1.00 e. The van der Waals surface area contributed by atoms with Crippen LogP contribution in [0.1, 0.15) is 37.8 Å². The number of allylic oxidation sites excluding steroid dienone is 8. The molecule has 0 nitrogen and oxygen atoms in total. The van der Waals surface area contributed by atoms with Crippen LogP contribution < -0.4 is 24.8 Å². The predicted octanol–water partition coefficient (Wildman–Crippen LogP) is 0.878. The molecule has 0 amide bonds. The summed E-state index contributed by atoms with van der Waals surface area (Å²) in [5, 5.41) is 0. The second kappa shape index (κ2) is 10.2. The molecular formula is C24H20Cl2F2Zr. The Kier molecular flexibility index (Phi) is 8.40. The summed E-state index contributed by atoms with van der Waals surface area (Å²) < 4.78 is 29.6. The fourth-order valence-corrected chi connectivity index (χ4v) is 7.23. The molecule has 29 heavy (non-hydrogen) atoms. The normalized spacial score (nSPS) is 15.4. The maximum absolute atomic E-state index is 13.2. The van der Waals surface area contributed by atoms with Gasteiger partial charge in [0.15, 0.2) is 0 Å². The molecule has 0 bridgehead atoms. The van der Waals surface area contributed by atoms with Crippen molar-refractivity contribution in [3.05, 3.63) is 101 Å². The molecule has 0 atom stereocenters. The molecule has 2 aromatic rings. The zero-order chi connectivity index (χ0) is 19.0. The Morgan fingerprint density at radius 1 is 0.621 bits per heavy atom. The topological polar surface area (TPSA) is 0 Å². The first-order chi connectivity index (χ1) is 13.0. The van der Waals surface area contributed by atoms with E-state index in [-0.39, 0.29) is 36.4 Å². The zero-order valence-electron chi connectivity index (χ0n) is 16.2. The van der Waals surface area contributed by atoms with E-state index in [1.54, 1.807) is 6.56 Å². The van der Waals surface area contributed by atoms with Crippen LogP contribution in [0, 0.1) is 11.6 Å². The molecule has 0 aromatic heterocycles. The predicted molar refractivity (Wildman–Crippen MR) is 103 cm³/mol. The Hall–Kier alpha value is -1.28. The third kappa shape index (κ3) is 5.08. The Morgan fingerprint density at radius 2 is 0.966 bits per heavy atom. The van der Waals surface area contributed by atoms with E-state index >= 15 is 0 Å². The molecule has 0 aliphatic heterocycles. The molecule has 0 saturated heterocycles. The summed E-state index contributed by atoms with van der Waals surface area (Å²) >= 11 is -0.842. The molecule has 0 radical (unpaired) electrons. The molecule has 0 heterocycles. The molecule has 148 valence electrons. The van der Waals surface area contributed by atoms with Crippen molar-refractivity contribution in [3.8, 4) is 0 Å². The van der Waals surface area contributed by atoms with E-state index in [0.29, 0.717) is 0 Å². The van der Waals surface area contributed by atoms with Crippen molar-refractivity contribution < 1.29 is 56.8 Å². The van der Waals surface area contributed by atoms with Crippen molar-refractivity contribution in [1.82, 2.24) is 0 Å². The third-order valence-corrected chi connectivity index (χ3v) is 9.68. The fraction of sp³-hybridized carbons (Fsp3) is 0.167. The largest absolute Gasteiger partial charge is 1.00 e. The van der Waals surface area contributed by atoms with E-state index in [2.05, 4.69) is 26.0 Å². The quantitative estimate of drug-likeness (QED) is 0.576. The third-order valence-electron chi connectivity index (χ3n) is 5.35. The number of hydrogen-bond acceptors (Lipinski definition) is 0. The van der Waals surface area contributed by atoms with Gasteiger partial charge in [0.05, 0.1) is 0 Å². The summed E-state index contributed by atoms with van der Waals surface area (Å²) in [5.41, 5.74) is 7.48. The van der Waals surface area contributed by atoms with Crippen LogP contribution in [0.3, 0.4) is 0 Å². The molecule has 5 heteroatoms. The molecule has 4 rings (SSSR count). The molecule has 2 aromatic carbocycles. The van der Waals surface area contributed by atoms with Crippen LogP contribution in [-0.4, -0.2) is 0 Å². The van der Waals surface area contributed by atoms with Crippen molar-refractivity contribution >= 4 is 11.1 Å². The van der Waals surface area contributed by atoms with Crippen LogP contribution in [0.5, 0.6) is 0 Å². The maximum atomic E-state index is 13.2. The van der Waals surface area contributed by atoms with Gasteiger partial charge in [-0.05, 0) is 0 Å². The van der Waals surface area contributed by atoms with Gasteiger partial charge >= 0.3 is 171 Å². The standard InChI is InChI=1S/2C12H10F.2ClH.Zr/c2*1-9-3-2-4-12(9)10-5-7-11(13)8-6-10;;;/h2*4-8H,2H2,1H3;2*1H;/q;;;;+2/p-2. The molecular weight excluding hydrogens is 488 g/mol. The molecule has 0 unspecified atom stereocenters. The maximum Gasteiger partial charge on any atom is -1.00 e. The second-order valence-electron chi connectivity index (χ2n) is 6.99. The van der Waals surface area contributed by atoms with Crippen LogP contribution in [0.25, 0.3) is 11.1 Å². The Morgan fingerprint density at radius 3 is 1.31 bits per heavy atom. The first kappa shape index (κ1) is 24.0. The number of halogens is 4. The van der Waals surface area contributed by atoms with Gasteiger partial charge in [-0.25, -0.2) is 0 Å². The van der Waals surface area contributed by atoms with E-state index in [0.717, 1.165) is 24.0 Å². The van der Waals surface area contributed by atoms with Crippen molar-refractivity contribution in [2.45, 2.75) is 26.7 Å². The van der Waals surface area contributed by atoms with E-state index in [4.69, 9.17) is 0 Å². The minimum atomic E-state index is -0.842. The zero-order valence-corrected chi connectivity index (χ0v) is 20.2. The summed E-state index contributed by atoms with van der Waals surface area (Å²) in [7, 11) is 0. The van der Waals surface area contributed by atoms with E-state index < -0.39 is 23.2 Å². The SMILES string of the molecule is CC1=[C]([Zr+2][C]2=C(C)C(c3ccc(F)cc3)=CC2)CC=C1c1ccc(F)cc1.[Cl-].[Cl-]. The Labute approximate surface area is 194 Å². The van der Waals surface area contributed by atoms with Crippen LogP contribution in [-0.2, 0) is 23.2 Å². The molecule has 2 aliphatic carbocycles. The van der Waals surface area contributed by atoms with Gasteiger partial charge in [0, 0.05) is 0 Å².